The predicted octanol–water partition coefficient (Wildman–Crippen LogP) is 1.14. The monoisotopic (exact) mass is 195 g/mol. The highest BCUT2D eigenvalue weighted by atomic mass is 16.2. The lowest BCUT2D eigenvalue weighted by Crippen LogP contribution is -2.38. The van der Waals surface area contributed by atoms with Crippen LogP contribution in [-0.4, -0.2) is 29.3 Å². The van der Waals surface area contributed by atoms with E-state index in [1.54, 1.807) is 11.6 Å². The maximum Gasteiger partial charge on any atom is 0.411 e. The first-order valence-electron chi connectivity index (χ1n) is 5.64. The number of carbonyl (C=O) groups excluding carboxylic acids is 1. The first kappa shape index (κ1) is 10.0. The molecule has 0 radical (unpaired) electrons. The molecule has 1 N–H and O–H groups in total. The SMILES string of the molecule is CB(O)N1CC(CC2CCC2)CC1=O. The van der Waals surface area contributed by atoms with Gasteiger partial charge in [0.25, 0.3) is 0 Å². The molecule has 1 aliphatic carbocycles. The maximum atomic E-state index is 11.5. The van der Waals surface area contributed by atoms with Crippen molar-refractivity contribution in [1.29, 1.82) is 0 Å². The van der Waals surface area contributed by atoms with Crippen LogP contribution in [0.2, 0.25) is 6.82 Å². The molecule has 1 heterocycles. The van der Waals surface area contributed by atoms with Crippen LogP contribution in [0, 0.1) is 11.8 Å². The fourth-order valence-corrected chi connectivity index (χ4v) is 2.53. The average Bonchev–Trinajstić information content (AvgIpc) is 2.39. The summed E-state index contributed by atoms with van der Waals surface area (Å²) in [7, 11) is -0.603. The molecule has 14 heavy (non-hydrogen) atoms. The van der Waals surface area contributed by atoms with Crippen LogP contribution >= 0.6 is 0 Å². The highest BCUT2D eigenvalue weighted by molar-refractivity contribution is 6.49. The number of hydrogen-bond acceptors (Lipinski definition) is 2. The predicted molar refractivity (Wildman–Crippen MR) is 55.6 cm³/mol. The van der Waals surface area contributed by atoms with E-state index in [2.05, 4.69) is 0 Å². The summed E-state index contributed by atoms with van der Waals surface area (Å²) in [6, 6.07) is 0. The number of rotatable bonds is 3. The van der Waals surface area contributed by atoms with Crippen LogP contribution in [0.5, 0.6) is 0 Å². The molecule has 78 valence electrons. The Bertz CT molecular complexity index is 228. The van der Waals surface area contributed by atoms with Crippen molar-refractivity contribution in [2.45, 2.75) is 38.9 Å². The fraction of sp³-hybridized carbons (Fsp3) is 0.900. The zero-order valence-corrected chi connectivity index (χ0v) is 8.78. The first-order valence-corrected chi connectivity index (χ1v) is 5.64. The molecule has 0 spiro atoms. The van der Waals surface area contributed by atoms with Gasteiger partial charge in [-0.25, -0.2) is 0 Å². The van der Waals surface area contributed by atoms with Gasteiger partial charge in [0.1, 0.15) is 0 Å². The van der Waals surface area contributed by atoms with Gasteiger partial charge in [-0.15, -0.1) is 0 Å². The van der Waals surface area contributed by atoms with Crippen LogP contribution in [0.1, 0.15) is 32.1 Å². The molecule has 2 aliphatic rings. The number of amides is 1. The molecule has 0 aromatic heterocycles. The normalized spacial score (nSPS) is 28.0. The molecule has 3 nitrogen and oxygen atoms in total. The summed E-state index contributed by atoms with van der Waals surface area (Å²) in [5.74, 6) is 1.49. The maximum absolute atomic E-state index is 11.5. The van der Waals surface area contributed by atoms with E-state index >= 15 is 0 Å². The van der Waals surface area contributed by atoms with Gasteiger partial charge in [-0.2, -0.15) is 0 Å². The van der Waals surface area contributed by atoms with E-state index in [0.717, 1.165) is 12.5 Å². The van der Waals surface area contributed by atoms with Gasteiger partial charge in [-0.1, -0.05) is 19.3 Å². The quantitative estimate of drug-likeness (QED) is 0.686. The molecule has 0 aromatic carbocycles. The van der Waals surface area contributed by atoms with E-state index in [1.807, 2.05) is 0 Å². The lowest BCUT2D eigenvalue weighted by atomic mass is 9.78. The largest absolute Gasteiger partial charge is 0.432 e. The van der Waals surface area contributed by atoms with E-state index in [4.69, 9.17) is 0 Å². The summed E-state index contributed by atoms with van der Waals surface area (Å²) in [4.78, 5) is 13.1. The second-order valence-electron chi connectivity index (χ2n) is 4.78. The van der Waals surface area contributed by atoms with Crippen LogP contribution < -0.4 is 0 Å². The standard InChI is InChI=1S/C10H18BNO2/c1-11(14)12-7-9(6-10(12)13)5-8-3-2-4-8/h8-9,14H,2-7H2,1H3. The summed E-state index contributed by atoms with van der Waals surface area (Å²) < 4.78 is 0. The van der Waals surface area contributed by atoms with Gasteiger partial charge >= 0.3 is 7.05 Å². The van der Waals surface area contributed by atoms with Gasteiger partial charge in [-0.05, 0) is 25.1 Å². The van der Waals surface area contributed by atoms with Crippen molar-refractivity contribution in [3.8, 4) is 0 Å². The molecule has 1 saturated carbocycles. The lowest BCUT2D eigenvalue weighted by molar-refractivity contribution is -0.124. The Labute approximate surface area is 85.6 Å². The molecule has 0 bridgehead atoms. The van der Waals surface area contributed by atoms with Crippen molar-refractivity contribution >= 4 is 13.0 Å². The number of hydrogen-bond donors (Lipinski definition) is 1. The highest BCUT2D eigenvalue weighted by Crippen LogP contribution is 2.35. The second-order valence-corrected chi connectivity index (χ2v) is 4.78. The third kappa shape index (κ3) is 1.95. The number of nitrogens with zero attached hydrogens (tertiary/aromatic N) is 1. The van der Waals surface area contributed by atoms with E-state index in [0.29, 0.717) is 12.3 Å². The zero-order chi connectivity index (χ0) is 10.1. The molecule has 1 atom stereocenters. The third-order valence-corrected chi connectivity index (χ3v) is 3.58. The summed E-state index contributed by atoms with van der Waals surface area (Å²) in [5.41, 5.74) is 0. The van der Waals surface area contributed by atoms with Gasteiger partial charge in [-0.3, -0.25) is 4.79 Å². The van der Waals surface area contributed by atoms with Crippen molar-refractivity contribution in [2.24, 2.45) is 11.8 Å². The first-order chi connectivity index (χ1) is 6.66. The second kappa shape index (κ2) is 3.93. The van der Waals surface area contributed by atoms with E-state index in [1.165, 1.54) is 25.7 Å². The molecule has 0 aromatic rings. The Morgan fingerprint density at radius 1 is 1.50 bits per heavy atom. The van der Waals surface area contributed by atoms with Crippen molar-refractivity contribution in [2.75, 3.05) is 6.54 Å². The van der Waals surface area contributed by atoms with E-state index in [9.17, 15) is 9.82 Å². The third-order valence-electron chi connectivity index (χ3n) is 3.58. The fourth-order valence-electron chi connectivity index (χ4n) is 2.53. The van der Waals surface area contributed by atoms with Crippen LogP contribution in [0.15, 0.2) is 0 Å². The smallest absolute Gasteiger partial charge is 0.411 e. The van der Waals surface area contributed by atoms with Crippen molar-refractivity contribution in [3.05, 3.63) is 0 Å². The van der Waals surface area contributed by atoms with Crippen LogP contribution in [0.3, 0.4) is 0 Å². The van der Waals surface area contributed by atoms with Gasteiger partial charge in [0, 0.05) is 13.0 Å². The number of carbonyl (C=O) groups is 1. The Morgan fingerprint density at radius 3 is 2.64 bits per heavy atom. The van der Waals surface area contributed by atoms with Gasteiger partial charge in [0.15, 0.2) is 0 Å². The summed E-state index contributed by atoms with van der Waals surface area (Å²) in [5, 5.41) is 9.35. The van der Waals surface area contributed by atoms with Crippen molar-refractivity contribution in [1.82, 2.24) is 4.81 Å². The zero-order valence-electron chi connectivity index (χ0n) is 8.78. The van der Waals surface area contributed by atoms with Crippen LogP contribution in [0.4, 0.5) is 0 Å². The van der Waals surface area contributed by atoms with E-state index in [-0.39, 0.29) is 5.91 Å². The molecule has 2 rings (SSSR count). The van der Waals surface area contributed by atoms with E-state index < -0.39 is 7.05 Å². The summed E-state index contributed by atoms with van der Waals surface area (Å²) in [6.45, 7) is 2.44. The molecule has 1 amide bonds. The van der Waals surface area contributed by atoms with Crippen LogP contribution in [-0.2, 0) is 4.79 Å². The summed E-state index contributed by atoms with van der Waals surface area (Å²) in [6.07, 6.45) is 5.90. The Morgan fingerprint density at radius 2 is 2.21 bits per heavy atom. The molecule has 1 aliphatic heterocycles. The minimum absolute atomic E-state index is 0.129. The van der Waals surface area contributed by atoms with Crippen LogP contribution in [0.25, 0.3) is 0 Å². The minimum Gasteiger partial charge on any atom is -0.432 e. The van der Waals surface area contributed by atoms with Gasteiger partial charge in [0.05, 0.1) is 0 Å². The Hall–Kier alpha value is -0.505. The molecular weight excluding hydrogens is 177 g/mol. The Balaban J connectivity index is 1.82. The minimum atomic E-state index is -0.603. The summed E-state index contributed by atoms with van der Waals surface area (Å²) >= 11 is 0. The molecule has 1 unspecified atom stereocenters. The van der Waals surface area contributed by atoms with Gasteiger partial charge in [0.2, 0.25) is 5.91 Å². The van der Waals surface area contributed by atoms with Crippen molar-refractivity contribution < 1.29 is 9.82 Å². The molecule has 4 heteroatoms. The average molecular weight is 195 g/mol. The Kier molecular flexibility index (Phi) is 2.82. The van der Waals surface area contributed by atoms with Gasteiger partial charge < -0.3 is 9.83 Å². The highest BCUT2D eigenvalue weighted by Gasteiger charge is 2.35. The molecular formula is C10H18BNO2. The van der Waals surface area contributed by atoms with Crippen molar-refractivity contribution in [3.63, 3.8) is 0 Å². The lowest BCUT2D eigenvalue weighted by Gasteiger charge is -2.27. The molecule has 1 saturated heterocycles. The topological polar surface area (TPSA) is 40.5 Å². The molecule has 2 fully saturated rings.